The molecule has 0 bridgehead atoms. The van der Waals surface area contributed by atoms with Gasteiger partial charge in [0, 0.05) is 34.5 Å². The van der Waals surface area contributed by atoms with Crippen molar-refractivity contribution in [2.75, 3.05) is 10.6 Å². The lowest BCUT2D eigenvalue weighted by atomic mass is 10.1. The Morgan fingerprint density at radius 1 is 0.786 bits per heavy atom. The van der Waals surface area contributed by atoms with E-state index in [9.17, 15) is 9.59 Å². The monoisotopic (exact) mass is 390 g/mol. The van der Waals surface area contributed by atoms with Crippen LogP contribution in [0.1, 0.15) is 28.4 Å². The predicted octanol–water partition coefficient (Wildman–Crippen LogP) is 5.50. The van der Waals surface area contributed by atoms with Gasteiger partial charge in [-0.25, -0.2) is 0 Å². The third-order valence-electron chi connectivity index (χ3n) is 4.11. The van der Waals surface area contributed by atoms with Crippen molar-refractivity contribution in [3.05, 3.63) is 89.5 Å². The Balaban J connectivity index is 1.55. The molecular formula is C23H22N2O2S. The Hall–Kier alpha value is -3.05. The van der Waals surface area contributed by atoms with Crippen molar-refractivity contribution in [1.29, 1.82) is 0 Å². The summed E-state index contributed by atoms with van der Waals surface area (Å²) in [4.78, 5) is 24.7. The molecule has 142 valence electrons. The Bertz CT molecular complexity index is 949. The summed E-state index contributed by atoms with van der Waals surface area (Å²) in [6.45, 7) is 3.54. The zero-order valence-corrected chi connectivity index (χ0v) is 16.7. The first-order valence-corrected chi connectivity index (χ1v) is 9.95. The summed E-state index contributed by atoms with van der Waals surface area (Å²) in [5, 5.41) is 5.56. The van der Waals surface area contributed by atoms with E-state index in [0.29, 0.717) is 16.9 Å². The molecule has 2 N–H and O–H groups in total. The first-order chi connectivity index (χ1) is 13.5. The number of hydrogen-bond acceptors (Lipinski definition) is 3. The largest absolute Gasteiger partial charge is 0.326 e. The molecule has 0 aliphatic rings. The predicted molar refractivity (Wildman–Crippen MR) is 116 cm³/mol. The first-order valence-electron chi connectivity index (χ1n) is 8.97. The van der Waals surface area contributed by atoms with Crippen molar-refractivity contribution >= 4 is 35.0 Å². The van der Waals surface area contributed by atoms with Crippen molar-refractivity contribution in [2.24, 2.45) is 0 Å². The summed E-state index contributed by atoms with van der Waals surface area (Å²) in [5.41, 5.74) is 4.40. The van der Waals surface area contributed by atoms with Crippen molar-refractivity contribution in [3.8, 4) is 0 Å². The quantitative estimate of drug-likeness (QED) is 0.547. The van der Waals surface area contributed by atoms with Gasteiger partial charge in [0.15, 0.2) is 0 Å². The van der Waals surface area contributed by atoms with E-state index in [0.717, 1.165) is 5.75 Å². The number of nitrogens with one attached hydrogen (secondary N) is 2. The highest BCUT2D eigenvalue weighted by molar-refractivity contribution is 7.98. The average molecular weight is 391 g/mol. The number of thioether (sulfide) groups is 1. The molecule has 3 aromatic carbocycles. The highest BCUT2D eigenvalue weighted by Gasteiger charge is 2.07. The lowest BCUT2D eigenvalue weighted by Crippen LogP contribution is -2.12. The molecule has 0 heterocycles. The number of carbonyl (C=O) groups is 2. The van der Waals surface area contributed by atoms with Crippen LogP contribution in [-0.2, 0) is 10.5 Å². The smallest absolute Gasteiger partial charge is 0.255 e. The number of rotatable bonds is 6. The van der Waals surface area contributed by atoms with E-state index in [1.54, 1.807) is 36.0 Å². The van der Waals surface area contributed by atoms with E-state index < -0.39 is 0 Å². The van der Waals surface area contributed by atoms with Crippen LogP contribution < -0.4 is 10.6 Å². The summed E-state index contributed by atoms with van der Waals surface area (Å²) in [6.07, 6.45) is 0. The lowest BCUT2D eigenvalue weighted by molar-refractivity contribution is -0.114. The third kappa shape index (κ3) is 5.72. The summed E-state index contributed by atoms with van der Waals surface area (Å²) in [7, 11) is 0. The number of anilines is 2. The molecule has 0 aliphatic carbocycles. The van der Waals surface area contributed by atoms with Crippen molar-refractivity contribution in [2.45, 2.75) is 24.5 Å². The van der Waals surface area contributed by atoms with E-state index >= 15 is 0 Å². The number of aryl methyl sites for hydroxylation is 1. The van der Waals surface area contributed by atoms with Gasteiger partial charge in [-0.1, -0.05) is 29.8 Å². The normalized spacial score (nSPS) is 10.4. The van der Waals surface area contributed by atoms with Gasteiger partial charge in [0.25, 0.3) is 5.91 Å². The molecule has 5 heteroatoms. The van der Waals surface area contributed by atoms with Crippen LogP contribution >= 0.6 is 11.8 Å². The van der Waals surface area contributed by atoms with E-state index in [4.69, 9.17) is 0 Å². The molecule has 0 atom stereocenters. The number of benzene rings is 3. The molecule has 0 radical (unpaired) electrons. The molecule has 3 aromatic rings. The van der Waals surface area contributed by atoms with Crippen molar-refractivity contribution in [1.82, 2.24) is 0 Å². The zero-order valence-electron chi connectivity index (χ0n) is 15.9. The molecule has 4 nitrogen and oxygen atoms in total. The van der Waals surface area contributed by atoms with Gasteiger partial charge < -0.3 is 10.6 Å². The van der Waals surface area contributed by atoms with Crippen LogP contribution in [-0.4, -0.2) is 11.8 Å². The van der Waals surface area contributed by atoms with Crippen LogP contribution in [0.2, 0.25) is 0 Å². The minimum Gasteiger partial charge on any atom is -0.326 e. The van der Waals surface area contributed by atoms with Crippen LogP contribution in [0.25, 0.3) is 0 Å². The Kier molecular flexibility index (Phi) is 6.50. The van der Waals surface area contributed by atoms with Crippen LogP contribution in [0.5, 0.6) is 0 Å². The van der Waals surface area contributed by atoms with Gasteiger partial charge >= 0.3 is 0 Å². The highest BCUT2D eigenvalue weighted by atomic mass is 32.2. The molecule has 0 saturated carbocycles. The number of amides is 2. The molecule has 3 rings (SSSR count). The van der Waals surface area contributed by atoms with Gasteiger partial charge in [-0.3, -0.25) is 9.59 Å². The Labute approximate surface area is 169 Å². The highest BCUT2D eigenvalue weighted by Crippen LogP contribution is 2.23. The average Bonchev–Trinajstić information content (AvgIpc) is 2.69. The molecule has 0 spiro atoms. The fourth-order valence-corrected chi connectivity index (χ4v) is 3.45. The molecule has 28 heavy (non-hydrogen) atoms. The van der Waals surface area contributed by atoms with Crippen molar-refractivity contribution in [3.63, 3.8) is 0 Å². The van der Waals surface area contributed by atoms with Crippen LogP contribution in [0.3, 0.4) is 0 Å². The maximum atomic E-state index is 12.4. The van der Waals surface area contributed by atoms with Crippen LogP contribution in [0, 0.1) is 6.92 Å². The zero-order chi connectivity index (χ0) is 19.9. The molecule has 0 unspecified atom stereocenters. The van der Waals surface area contributed by atoms with Crippen LogP contribution in [0.4, 0.5) is 11.4 Å². The second-order valence-electron chi connectivity index (χ2n) is 6.51. The van der Waals surface area contributed by atoms with Gasteiger partial charge in [-0.05, 0) is 61.0 Å². The maximum Gasteiger partial charge on any atom is 0.255 e. The number of carbonyl (C=O) groups excluding carboxylic acids is 2. The first kappa shape index (κ1) is 19.7. The van der Waals surface area contributed by atoms with E-state index in [-0.39, 0.29) is 11.8 Å². The number of hydrogen-bond donors (Lipinski definition) is 2. The molecule has 0 fully saturated rings. The van der Waals surface area contributed by atoms with Crippen LogP contribution in [0.15, 0.2) is 77.7 Å². The van der Waals surface area contributed by atoms with Gasteiger partial charge in [0.1, 0.15) is 0 Å². The fourth-order valence-electron chi connectivity index (χ4n) is 2.60. The molecule has 0 aliphatic heterocycles. The molecule has 0 aromatic heterocycles. The maximum absolute atomic E-state index is 12.4. The van der Waals surface area contributed by atoms with Gasteiger partial charge in [-0.2, -0.15) is 0 Å². The molecule has 2 amide bonds. The third-order valence-corrected chi connectivity index (χ3v) is 5.19. The Morgan fingerprint density at radius 3 is 1.93 bits per heavy atom. The van der Waals surface area contributed by atoms with Gasteiger partial charge in [-0.15, -0.1) is 11.8 Å². The second kappa shape index (κ2) is 9.24. The van der Waals surface area contributed by atoms with E-state index in [2.05, 4.69) is 41.8 Å². The summed E-state index contributed by atoms with van der Waals surface area (Å²) < 4.78 is 0. The van der Waals surface area contributed by atoms with Crippen molar-refractivity contribution < 1.29 is 9.59 Å². The van der Waals surface area contributed by atoms with Gasteiger partial charge in [0.2, 0.25) is 5.91 Å². The minimum atomic E-state index is -0.162. The standard InChI is InChI=1S/C23H22N2O2S/c1-16-3-13-22(14-4-16)28-15-18-5-7-19(8-6-18)23(27)25-21-11-9-20(10-12-21)24-17(2)26/h3-14H,15H2,1-2H3,(H,24,26)(H,25,27). The van der Waals surface area contributed by atoms with E-state index in [1.165, 1.54) is 22.9 Å². The lowest BCUT2D eigenvalue weighted by Gasteiger charge is -2.08. The topological polar surface area (TPSA) is 58.2 Å². The second-order valence-corrected chi connectivity index (χ2v) is 7.56. The molecule has 0 saturated heterocycles. The minimum absolute atomic E-state index is 0.127. The summed E-state index contributed by atoms with van der Waals surface area (Å²) in [5.74, 6) is 0.567. The van der Waals surface area contributed by atoms with Gasteiger partial charge in [0.05, 0.1) is 0 Å². The van der Waals surface area contributed by atoms with E-state index in [1.807, 2.05) is 24.3 Å². The summed E-state index contributed by atoms with van der Waals surface area (Å²) >= 11 is 1.77. The summed E-state index contributed by atoms with van der Waals surface area (Å²) in [6, 6.07) is 23.1. The SMILES string of the molecule is CC(=O)Nc1ccc(NC(=O)c2ccc(CSc3ccc(C)cc3)cc2)cc1. The molecular weight excluding hydrogens is 368 g/mol. The fraction of sp³-hybridized carbons (Fsp3) is 0.130. The Morgan fingerprint density at radius 2 is 1.36 bits per heavy atom.